The van der Waals surface area contributed by atoms with Crippen LogP contribution in [0.2, 0.25) is 5.02 Å². The van der Waals surface area contributed by atoms with Crippen LogP contribution in [0.5, 0.6) is 11.5 Å². The molecule has 1 unspecified atom stereocenters. The number of allylic oxidation sites excluding steroid dienone is 1. The van der Waals surface area contributed by atoms with Gasteiger partial charge in [-0.1, -0.05) is 49.2 Å². The van der Waals surface area contributed by atoms with E-state index < -0.39 is 18.0 Å². The second kappa shape index (κ2) is 10.9. The third-order valence-corrected chi connectivity index (χ3v) is 5.39. The van der Waals surface area contributed by atoms with Crippen molar-refractivity contribution in [3.8, 4) is 11.5 Å². The van der Waals surface area contributed by atoms with Crippen molar-refractivity contribution in [2.24, 2.45) is 0 Å². The van der Waals surface area contributed by atoms with E-state index in [9.17, 15) is 9.59 Å². The molecule has 7 nitrogen and oxygen atoms in total. The van der Waals surface area contributed by atoms with E-state index in [0.29, 0.717) is 39.8 Å². The van der Waals surface area contributed by atoms with Crippen molar-refractivity contribution in [3.63, 3.8) is 0 Å². The van der Waals surface area contributed by atoms with Crippen LogP contribution in [0.3, 0.4) is 0 Å². The number of ether oxygens (including phenoxy) is 3. The molecule has 0 saturated heterocycles. The van der Waals surface area contributed by atoms with Gasteiger partial charge in [0.25, 0.3) is 0 Å². The van der Waals surface area contributed by atoms with Crippen LogP contribution >= 0.6 is 11.6 Å². The number of para-hydroxylation sites is 1. The molecule has 1 atom stereocenters. The largest absolute Gasteiger partial charge is 0.493 e. The van der Waals surface area contributed by atoms with Gasteiger partial charge in [-0.15, -0.1) is 0 Å². The summed E-state index contributed by atoms with van der Waals surface area (Å²) in [5.41, 5.74) is 2.36. The predicted octanol–water partition coefficient (Wildman–Crippen LogP) is 4.90. The van der Waals surface area contributed by atoms with Gasteiger partial charge >= 0.3 is 12.0 Å². The Morgan fingerprint density at radius 1 is 1.16 bits per heavy atom. The number of carbonyl (C=O) groups is 2. The second-order valence-corrected chi connectivity index (χ2v) is 7.75. The van der Waals surface area contributed by atoms with Crippen LogP contribution in [0.1, 0.15) is 43.4 Å². The molecule has 2 aromatic rings. The maximum Gasteiger partial charge on any atom is 0.337 e. The number of amides is 2. The van der Waals surface area contributed by atoms with Crippen LogP contribution in [0.15, 0.2) is 53.7 Å². The fraction of sp³-hybridized carbons (Fsp3) is 0.333. The molecule has 1 heterocycles. The number of hydrogen-bond donors (Lipinski definition) is 2. The molecule has 2 aromatic carbocycles. The molecular weight excluding hydrogens is 432 g/mol. The van der Waals surface area contributed by atoms with Crippen LogP contribution in [0, 0.1) is 0 Å². The first kappa shape index (κ1) is 23.5. The van der Waals surface area contributed by atoms with Gasteiger partial charge in [0.15, 0.2) is 11.5 Å². The van der Waals surface area contributed by atoms with E-state index in [-0.39, 0.29) is 6.61 Å². The molecular formula is C24H27ClN2O5. The number of urea groups is 1. The van der Waals surface area contributed by atoms with Crippen LogP contribution in [-0.4, -0.2) is 26.2 Å². The molecule has 0 aliphatic carbocycles. The molecule has 0 fully saturated rings. The van der Waals surface area contributed by atoms with Crippen LogP contribution in [0.4, 0.5) is 4.79 Å². The van der Waals surface area contributed by atoms with Gasteiger partial charge in [-0.25, -0.2) is 9.59 Å². The predicted molar refractivity (Wildman–Crippen MR) is 122 cm³/mol. The molecule has 170 valence electrons. The first-order chi connectivity index (χ1) is 15.5. The summed E-state index contributed by atoms with van der Waals surface area (Å²) in [6.07, 6.45) is 2.28. The van der Waals surface area contributed by atoms with Gasteiger partial charge < -0.3 is 24.8 Å². The van der Waals surface area contributed by atoms with Crippen molar-refractivity contribution < 1.29 is 23.8 Å². The third kappa shape index (κ3) is 5.34. The fourth-order valence-corrected chi connectivity index (χ4v) is 3.82. The molecule has 0 saturated carbocycles. The Kier molecular flexibility index (Phi) is 8.00. The highest BCUT2D eigenvalue weighted by Gasteiger charge is 2.35. The van der Waals surface area contributed by atoms with E-state index in [0.717, 1.165) is 18.4 Å². The van der Waals surface area contributed by atoms with Gasteiger partial charge in [-0.05, 0) is 36.6 Å². The first-order valence-electron chi connectivity index (χ1n) is 10.4. The summed E-state index contributed by atoms with van der Waals surface area (Å²) < 4.78 is 16.7. The zero-order chi connectivity index (χ0) is 23.1. The monoisotopic (exact) mass is 458 g/mol. The molecule has 0 bridgehead atoms. The Morgan fingerprint density at radius 3 is 2.62 bits per heavy atom. The Balaban J connectivity index is 2.05. The number of methoxy groups -OCH3 is 2. The topological polar surface area (TPSA) is 85.9 Å². The maximum atomic E-state index is 12.8. The molecule has 2 N–H and O–H groups in total. The van der Waals surface area contributed by atoms with Gasteiger partial charge in [0.2, 0.25) is 0 Å². The molecule has 1 aliphatic heterocycles. The zero-order valence-corrected chi connectivity index (χ0v) is 19.1. The number of rotatable bonds is 9. The standard InChI is InChI=1S/C24H27ClN2O5/c1-4-5-11-18-20(23(28)31-3)21(27-24(29)26-18)17-10-7-12-19(30-2)22(17)32-14-15-8-6-9-16(25)13-15/h6-10,12-13,21H,4-5,11,14H2,1-3H3,(H2,26,27,29). The summed E-state index contributed by atoms with van der Waals surface area (Å²) in [4.78, 5) is 25.2. The van der Waals surface area contributed by atoms with Crippen molar-refractivity contribution >= 4 is 23.6 Å². The number of hydrogen-bond acceptors (Lipinski definition) is 5. The fourth-order valence-electron chi connectivity index (χ4n) is 3.61. The lowest BCUT2D eigenvalue weighted by atomic mass is 9.92. The number of unbranched alkanes of at least 4 members (excludes halogenated alkanes) is 1. The summed E-state index contributed by atoms with van der Waals surface area (Å²) in [5.74, 6) is 0.396. The lowest BCUT2D eigenvalue weighted by molar-refractivity contribution is -0.136. The van der Waals surface area contributed by atoms with E-state index in [1.807, 2.05) is 25.1 Å². The minimum absolute atomic E-state index is 0.229. The number of esters is 1. The van der Waals surface area contributed by atoms with Crippen molar-refractivity contribution in [2.75, 3.05) is 14.2 Å². The Bertz CT molecular complexity index is 1020. The first-order valence-corrected chi connectivity index (χ1v) is 10.8. The van der Waals surface area contributed by atoms with Crippen molar-refractivity contribution in [1.82, 2.24) is 10.6 Å². The number of nitrogens with one attached hydrogen (secondary N) is 2. The lowest BCUT2D eigenvalue weighted by Gasteiger charge is -2.30. The Hall–Kier alpha value is -3.19. The average molecular weight is 459 g/mol. The molecule has 2 amide bonds. The lowest BCUT2D eigenvalue weighted by Crippen LogP contribution is -2.46. The van der Waals surface area contributed by atoms with Crippen molar-refractivity contribution in [1.29, 1.82) is 0 Å². The smallest absolute Gasteiger partial charge is 0.337 e. The summed E-state index contributed by atoms with van der Waals surface area (Å²) in [6.45, 7) is 2.27. The van der Waals surface area contributed by atoms with Crippen molar-refractivity contribution in [3.05, 3.63) is 69.9 Å². The quantitative estimate of drug-likeness (QED) is 0.522. The van der Waals surface area contributed by atoms with Crippen molar-refractivity contribution in [2.45, 2.75) is 38.8 Å². The van der Waals surface area contributed by atoms with Gasteiger partial charge in [0.05, 0.1) is 25.8 Å². The van der Waals surface area contributed by atoms with Gasteiger partial charge in [0.1, 0.15) is 6.61 Å². The highest BCUT2D eigenvalue weighted by molar-refractivity contribution is 6.30. The van der Waals surface area contributed by atoms with E-state index >= 15 is 0 Å². The van der Waals surface area contributed by atoms with E-state index in [1.54, 1.807) is 24.3 Å². The highest BCUT2D eigenvalue weighted by Crippen LogP contribution is 2.40. The summed E-state index contributed by atoms with van der Waals surface area (Å²) >= 11 is 6.09. The highest BCUT2D eigenvalue weighted by atomic mass is 35.5. The Labute approximate surface area is 192 Å². The number of benzene rings is 2. The minimum atomic E-state index is -0.757. The Morgan fingerprint density at radius 2 is 1.94 bits per heavy atom. The van der Waals surface area contributed by atoms with E-state index in [1.165, 1.54) is 14.2 Å². The summed E-state index contributed by atoms with van der Waals surface area (Å²) in [6, 6.07) is 11.5. The molecule has 3 rings (SSSR count). The molecule has 0 radical (unpaired) electrons. The third-order valence-electron chi connectivity index (χ3n) is 5.15. The zero-order valence-electron chi connectivity index (χ0n) is 18.4. The van der Waals surface area contributed by atoms with Crippen LogP contribution < -0.4 is 20.1 Å². The van der Waals surface area contributed by atoms with Gasteiger partial charge in [0, 0.05) is 16.3 Å². The summed E-state index contributed by atoms with van der Waals surface area (Å²) in [7, 11) is 2.86. The molecule has 8 heteroatoms. The van der Waals surface area contributed by atoms with Gasteiger partial charge in [-0.2, -0.15) is 0 Å². The van der Waals surface area contributed by atoms with Crippen LogP contribution in [-0.2, 0) is 16.1 Å². The number of halogens is 1. The molecule has 32 heavy (non-hydrogen) atoms. The minimum Gasteiger partial charge on any atom is -0.493 e. The molecule has 0 aromatic heterocycles. The molecule has 0 spiro atoms. The average Bonchev–Trinajstić information content (AvgIpc) is 2.80. The normalized spacial score (nSPS) is 15.6. The molecule has 1 aliphatic rings. The summed E-state index contributed by atoms with van der Waals surface area (Å²) in [5, 5.41) is 6.21. The van der Waals surface area contributed by atoms with E-state index in [4.69, 9.17) is 25.8 Å². The maximum absolute atomic E-state index is 12.8. The SMILES string of the molecule is CCCCC1=C(C(=O)OC)C(c2cccc(OC)c2OCc2cccc(Cl)c2)NC(=O)N1. The van der Waals surface area contributed by atoms with E-state index in [2.05, 4.69) is 10.6 Å². The van der Waals surface area contributed by atoms with Crippen LogP contribution in [0.25, 0.3) is 0 Å². The van der Waals surface area contributed by atoms with Gasteiger partial charge in [-0.3, -0.25) is 0 Å². The second-order valence-electron chi connectivity index (χ2n) is 7.32. The number of carbonyl (C=O) groups excluding carboxylic acids is 2.